The summed E-state index contributed by atoms with van der Waals surface area (Å²) in [5.74, 6) is 0. The van der Waals surface area contributed by atoms with Crippen LogP contribution in [0, 0.1) is 6.92 Å². The molecule has 19 heavy (non-hydrogen) atoms. The van der Waals surface area contributed by atoms with Gasteiger partial charge in [-0.3, -0.25) is 0 Å². The fraction of sp³-hybridized carbons (Fsp3) is 0.571. The molecule has 0 fully saturated rings. The fourth-order valence-electron chi connectivity index (χ4n) is 1.61. The van der Waals surface area contributed by atoms with E-state index in [2.05, 4.69) is 21.2 Å². The van der Waals surface area contributed by atoms with E-state index in [1.54, 1.807) is 7.11 Å². The van der Waals surface area contributed by atoms with E-state index in [9.17, 15) is 5.11 Å². The van der Waals surface area contributed by atoms with Crippen molar-refractivity contribution in [2.75, 3.05) is 32.2 Å². The van der Waals surface area contributed by atoms with Crippen molar-refractivity contribution in [2.24, 2.45) is 0 Å². The number of ether oxygens (including phenoxy) is 2. The SMILES string of the molecule is COCC(C)OCC(O)CNc1ccc(Br)c(C)c1. The third kappa shape index (κ3) is 6.38. The van der Waals surface area contributed by atoms with Crippen LogP contribution in [0.3, 0.4) is 0 Å². The molecule has 0 saturated carbocycles. The molecule has 0 aliphatic carbocycles. The first-order valence-corrected chi connectivity index (χ1v) is 7.11. The highest BCUT2D eigenvalue weighted by Crippen LogP contribution is 2.19. The third-order valence-corrected chi connectivity index (χ3v) is 3.56. The molecule has 0 aliphatic heterocycles. The monoisotopic (exact) mass is 331 g/mol. The van der Waals surface area contributed by atoms with Gasteiger partial charge in [0, 0.05) is 23.8 Å². The predicted octanol–water partition coefficient (Wildman–Crippen LogP) is 2.58. The minimum absolute atomic E-state index is 0.00502. The number of anilines is 1. The number of rotatable bonds is 8. The van der Waals surface area contributed by atoms with Crippen molar-refractivity contribution < 1.29 is 14.6 Å². The standard InChI is InChI=1S/C14H22BrNO3/c1-10-6-12(4-5-14(10)15)16-7-13(17)9-19-11(2)8-18-3/h4-6,11,13,16-17H,7-9H2,1-3H3. The molecule has 0 aliphatic rings. The summed E-state index contributed by atoms with van der Waals surface area (Å²) < 4.78 is 11.5. The Bertz CT molecular complexity index is 387. The maximum absolute atomic E-state index is 9.81. The highest BCUT2D eigenvalue weighted by atomic mass is 79.9. The summed E-state index contributed by atoms with van der Waals surface area (Å²) in [6.07, 6.45) is -0.544. The molecule has 0 aromatic heterocycles. The molecule has 2 N–H and O–H groups in total. The van der Waals surface area contributed by atoms with Crippen LogP contribution >= 0.6 is 15.9 Å². The van der Waals surface area contributed by atoms with Crippen molar-refractivity contribution in [3.63, 3.8) is 0 Å². The average molecular weight is 332 g/mol. The lowest BCUT2D eigenvalue weighted by atomic mass is 10.2. The molecule has 0 heterocycles. The molecule has 0 bridgehead atoms. The second-order valence-electron chi connectivity index (χ2n) is 4.60. The number of aliphatic hydroxyl groups excluding tert-OH is 1. The Hall–Kier alpha value is -0.620. The number of aliphatic hydroxyl groups is 1. The first kappa shape index (κ1) is 16.4. The number of benzene rings is 1. The van der Waals surface area contributed by atoms with E-state index in [1.807, 2.05) is 32.0 Å². The average Bonchev–Trinajstić information content (AvgIpc) is 2.38. The molecule has 2 unspecified atom stereocenters. The highest BCUT2D eigenvalue weighted by molar-refractivity contribution is 9.10. The maximum Gasteiger partial charge on any atom is 0.0945 e. The van der Waals surface area contributed by atoms with Gasteiger partial charge in [-0.2, -0.15) is 0 Å². The molecule has 0 radical (unpaired) electrons. The topological polar surface area (TPSA) is 50.7 Å². The fourth-order valence-corrected chi connectivity index (χ4v) is 1.85. The van der Waals surface area contributed by atoms with Gasteiger partial charge in [0.2, 0.25) is 0 Å². The van der Waals surface area contributed by atoms with Gasteiger partial charge in [0.1, 0.15) is 0 Å². The van der Waals surface area contributed by atoms with Gasteiger partial charge in [-0.1, -0.05) is 15.9 Å². The quantitative estimate of drug-likeness (QED) is 0.768. The Balaban J connectivity index is 2.29. The van der Waals surface area contributed by atoms with Gasteiger partial charge in [0.25, 0.3) is 0 Å². The van der Waals surface area contributed by atoms with Crippen LogP contribution in [-0.4, -0.2) is 44.2 Å². The molecule has 0 amide bonds. The molecule has 0 spiro atoms. The van der Waals surface area contributed by atoms with E-state index in [0.29, 0.717) is 19.8 Å². The summed E-state index contributed by atoms with van der Waals surface area (Å²) in [5.41, 5.74) is 2.15. The number of aryl methyl sites for hydroxylation is 1. The molecule has 1 aromatic rings. The Morgan fingerprint density at radius 2 is 2.11 bits per heavy atom. The summed E-state index contributed by atoms with van der Waals surface area (Å²) in [4.78, 5) is 0. The Morgan fingerprint density at radius 3 is 2.74 bits per heavy atom. The van der Waals surface area contributed by atoms with E-state index in [0.717, 1.165) is 15.7 Å². The molecule has 1 rings (SSSR count). The molecule has 2 atom stereocenters. The van der Waals surface area contributed by atoms with Crippen molar-refractivity contribution in [3.8, 4) is 0 Å². The lowest BCUT2D eigenvalue weighted by Gasteiger charge is -2.17. The van der Waals surface area contributed by atoms with Gasteiger partial charge in [-0.15, -0.1) is 0 Å². The second-order valence-corrected chi connectivity index (χ2v) is 5.45. The van der Waals surface area contributed by atoms with Crippen molar-refractivity contribution in [1.82, 2.24) is 0 Å². The molecule has 1 aromatic carbocycles. The van der Waals surface area contributed by atoms with Crippen molar-refractivity contribution in [1.29, 1.82) is 0 Å². The van der Waals surface area contributed by atoms with Gasteiger partial charge >= 0.3 is 0 Å². The zero-order valence-corrected chi connectivity index (χ0v) is 13.2. The zero-order valence-electron chi connectivity index (χ0n) is 11.6. The summed E-state index contributed by atoms with van der Waals surface area (Å²) in [6.45, 7) is 5.24. The smallest absolute Gasteiger partial charge is 0.0945 e. The highest BCUT2D eigenvalue weighted by Gasteiger charge is 2.08. The molecular formula is C14H22BrNO3. The summed E-state index contributed by atoms with van der Waals surface area (Å²) in [7, 11) is 1.63. The first-order chi connectivity index (χ1) is 9.02. The van der Waals surface area contributed by atoms with E-state index in [1.165, 1.54) is 0 Å². The molecule has 108 valence electrons. The van der Waals surface area contributed by atoms with E-state index >= 15 is 0 Å². The van der Waals surface area contributed by atoms with Crippen LogP contribution in [0.25, 0.3) is 0 Å². The van der Waals surface area contributed by atoms with Crippen molar-refractivity contribution >= 4 is 21.6 Å². The van der Waals surface area contributed by atoms with Crippen LogP contribution in [0.5, 0.6) is 0 Å². The van der Waals surface area contributed by atoms with E-state index in [-0.39, 0.29) is 6.10 Å². The van der Waals surface area contributed by atoms with Crippen LogP contribution in [0.1, 0.15) is 12.5 Å². The number of methoxy groups -OCH3 is 1. The van der Waals surface area contributed by atoms with Crippen LogP contribution < -0.4 is 5.32 Å². The normalized spacial score (nSPS) is 14.2. The number of hydrogen-bond donors (Lipinski definition) is 2. The number of halogens is 1. The lowest BCUT2D eigenvalue weighted by Crippen LogP contribution is -2.28. The van der Waals surface area contributed by atoms with E-state index in [4.69, 9.17) is 9.47 Å². The van der Waals surface area contributed by atoms with Gasteiger partial charge in [0.15, 0.2) is 0 Å². The van der Waals surface area contributed by atoms with Gasteiger partial charge in [-0.05, 0) is 37.6 Å². The molecular weight excluding hydrogens is 310 g/mol. The van der Waals surface area contributed by atoms with Crippen molar-refractivity contribution in [2.45, 2.75) is 26.1 Å². The van der Waals surface area contributed by atoms with Crippen LogP contribution in [-0.2, 0) is 9.47 Å². The number of hydrogen-bond acceptors (Lipinski definition) is 4. The zero-order chi connectivity index (χ0) is 14.3. The Labute approximate surface area is 123 Å². The Kier molecular flexibility index (Phi) is 7.38. The minimum Gasteiger partial charge on any atom is -0.389 e. The largest absolute Gasteiger partial charge is 0.389 e. The van der Waals surface area contributed by atoms with E-state index < -0.39 is 6.10 Å². The van der Waals surface area contributed by atoms with Crippen LogP contribution in [0.15, 0.2) is 22.7 Å². The predicted molar refractivity (Wildman–Crippen MR) is 80.7 cm³/mol. The van der Waals surface area contributed by atoms with Gasteiger partial charge in [0.05, 0.1) is 25.4 Å². The van der Waals surface area contributed by atoms with Crippen LogP contribution in [0.4, 0.5) is 5.69 Å². The van der Waals surface area contributed by atoms with Gasteiger partial charge in [-0.25, -0.2) is 0 Å². The molecule has 5 heteroatoms. The summed E-state index contributed by atoms with van der Waals surface area (Å²) in [6, 6.07) is 5.99. The number of nitrogens with one attached hydrogen (secondary N) is 1. The maximum atomic E-state index is 9.81. The molecule has 0 saturated heterocycles. The van der Waals surface area contributed by atoms with Crippen LogP contribution in [0.2, 0.25) is 0 Å². The Morgan fingerprint density at radius 1 is 1.37 bits per heavy atom. The summed E-state index contributed by atoms with van der Waals surface area (Å²) >= 11 is 3.46. The van der Waals surface area contributed by atoms with Gasteiger partial charge < -0.3 is 19.9 Å². The molecule has 4 nitrogen and oxygen atoms in total. The third-order valence-electron chi connectivity index (χ3n) is 2.67. The summed E-state index contributed by atoms with van der Waals surface area (Å²) in [5, 5.41) is 13.0. The second kappa shape index (κ2) is 8.53. The minimum atomic E-state index is -0.539. The van der Waals surface area contributed by atoms with Crippen molar-refractivity contribution in [3.05, 3.63) is 28.2 Å². The first-order valence-electron chi connectivity index (χ1n) is 6.31. The lowest BCUT2D eigenvalue weighted by molar-refractivity contribution is -0.0282.